The molecule has 0 aromatic carbocycles. The molecule has 88 valence electrons. The van der Waals surface area contributed by atoms with Crippen LogP contribution in [0, 0.1) is 5.92 Å². The van der Waals surface area contributed by atoms with Crippen LogP contribution in [0.3, 0.4) is 0 Å². The van der Waals surface area contributed by atoms with Gasteiger partial charge in [-0.05, 0) is 31.6 Å². The van der Waals surface area contributed by atoms with Gasteiger partial charge in [-0.3, -0.25) is 0 Å². The maximum absolute atomic E-state index is 11.4. The lowest BCUT2D eigenvalue weighted by Crippen LogP contribution is -2.26. The average Bonchev–Trinajstić information content (AvgIpc) is 2.17. The Bertz CT molecular complexity index is 309. The Hall–Kier alpha value is 0.170. The molecule has 0 radical (unpaired) electrons. The summed E-state index contributed by atoms with van der Waals surface area (Å²) in [6, 6.07) is 0. The van der Waals surface area contributed by atoms with Gasteiger partial charge in [0.15, 0.2) is 0 Å². The summed E-state index contributed by atoms with van der Waals surface area (Å²) in [5.41, 5.74) is 0. The van der Waals surface area contributed by atoms with Gasteiger partial charge in [-0.25, -0.2) is 8.42 Å². The molecular weight excluding hydrogens is 276 g/mol. The van der Waals surface area contributed by atoms with E-state index in [0.717, 1.165) is 37.4 Å². The third-order valence-corrected chi connectivity index (χ3v) is 5.05. The molecule has 0 aromatic rings. The topological polar surface area (TPSA) is 34.1 Å². The fourth-order valence-electron chi connectivity index (χ4n) is 2.10. The standard InChI is InChI=1S/C11H19BrO2S/c1-15(13,14)11-7-4-6-10(9-11)5-2-3-8-12/h2,5,10-11H,3-4,6-9H2,1H3. The first-order chi connectivity index (χ1) is 7.04. The van der Waals surface area contributed by atoms with Gasteiger partial charge in [-0.2, -0.15) is 0 Å². The molecule has 1 fully saturated rings. The van der Waals surface area contributed by atoms with Crippen molar-refractivity contribution in [3.63, 3.8) is 0 Å². The summed E-state index contributed by atoms with van der Waals surface area (Å²) in [5.74, 6) is 0.470. The first-order valence-corrected chi connectivity index (χ1v) is 8.53. The molecule has 0 aromatic heterocycles. The van der Waals surface area contributed by atoms with Crippen LogP contribution in [-0.2, 0) is 9.84 Å². The summed E-state index contributed by atoms with van der Waals surface area (Å²) in [6.07, 6.45) is 10.6. The fraction of sp³-hybridized carbons (Fsp3) is 0.818. The minimum absolute atomic E-state index is 0.107. The number of sulfone groups is 1. The largest absolute Gasteiger partial charge is 0.229 e. The number of halogens is 1. The van der Waals surface area contributed by atoms with Crippen molar-refractivity contribution in [2.45, 2.75) is 37.4 Å². The molecule has 0 bridgehead atoms. The summed E-state index contributed by atoms with van der Waals surface area (Å²) < 4.78 is 22.9. The van der Waals surface area contributed by atoms with Crippen molar-refractivity contribution in [1.82, 2.24) is 0 Å². The molecule has 0 aliphatic heterocycles. The van der Waals surface area contributed by atoms with E-state index in [1.807, 2.05) is 0 Å². The van der Waals surface area contributed by atoms with Crippen LogP contribution < -0.4 is 0 Å². The average molecular weight is 295 g/mol. The minimum Gasteiger partial charge on any atom is -0.229 e. The second-order valence-electron chi connectivity index (χ2n) is 4.28. The Morgan fingerprint density at radius 1 is 1.40 bits per heavy atom. The zero-order chi connectivity index (χ0) is 11.3. The number of hydrogen-bond acceptors (Lipinski definition) is 2. The zero-order valence-electron chi connectivity index (χ0n) is 9.15. The van der Waals surface area contributed by atoms with Crippen LogP contribution in [0.15, 0.2) is 12.2 Å². The van der Waals surface area contributed by atoms with Crippen LogP contribution in [0.1, 0.15) is 32.1 Å². The van der Waals surface area contributed by atoms with Gasteiger partial charge in [0, 0.05) is 11.6 Å². The monoisotopic (exact) mass is 294 g/mol. The molecule has 2 unspecified atom stereocenters. The van der Waals surface area contributed by atoms with E-state index in [-0.39, 0.29) is 5.25 Å². The molecule has 0 amide bonds. The summed E-state index contributed by atoms with van der Waals surface area (Å²) in [5, 5.41) is 0.871. The molecule has 1 aliphatic rings. The van der Waals surface area contributed by atoms with Gasteiger partial charge in [0.2, 0.25) is 0 Å². The van der Waals surface area contributed by atoms with Gasteiger partial charge in [-0.1, -0.05) is 34.5 Å². The van der Waals surface area contributed by atoms with Crippen molar-refractivity contribution in [2.75, 3.05) is 11.6 Å². The molecule has 2 nitrogen and oxygen atoms in total. The van der Waals surface area contributed by atoms with E-state index >= 15 is 0 Å². The van der Waals surface area contributed by atoms with Crippen molar-refractivity contribution >= 4 is 25.8 Å². The van der Waals surface area contributed by atoms with Crippen LogP contribution >= 0.6 is 15.9 Å². The molecule has 0 N–H and O–H groups in total. The van der Waals surface area contributed by atoms with Crippen molar-refractivity contribution in [2.24, 2.45) is 5.92 Å². The third kappa shape index (κ3) is 4.68. The molecule has 2 atom stereocenters. The summed E-state index contributed by atoms with van der Waals surface area (Å²) in [7, 11) is -2.83. The Balaban J connectivity index is 2.49. The van der Waals surface area contributed by atoms with E-state index in [4.69, 9.17) is 0 Å². The summed E-state index contributed by atoms with van der Waals surface area (Å²) in [4.78, 5) is 0. The lowest BCUT2D eigenvalue weighted by atomic mass is 9.88. The maximum atomic E-state index is 11.4. The predicted octanol–water partition coefficient (Wildman–Crippen LogP) is 2.93. The normalized spacial score (nSPS) is 28.4. The predicted molar refractivity (Wildman–Crippen MR) is 68.1 cm³/mol. The van der Waals surface area contributed by atoms with Gasteiger partial charge in [-0.15, -0.1) is 0 Å². The lowest BCUT2D eigenvalue weighted by Gasteiger charge is -2.25. The molecule has 0 heterocycles. The maximum Gasteiger partial charge on any atom is 0.150 e. The van der Waals surface area contributed by atoms with Crippen LogP contribution in [-0.4, -0.2) is 25.3 Å². The highest BCUT2D eigenvalue weighted by Gasteiger charge is 2.27. The van der Waals surface area contributed by atoms with Gasteiger partial charge in [0.25, 0.3) is 0 Å². The highest BCUT2D eigenvalue weighted by molar-refractivity contribution is 9.09. The van der Waals surface area contributed by atoms with Crippen LogP contribution in [0.25, 0.3) is 0 Å². The number of allylic oxidation sites excluding steroid dienone is 2. The van der Waals surface area contributed by atoms with Crippen molar-refractivity contribution in [3.8, 4) is 0 Å². The fourth-order valence-corrected chi connectivity index (χ4v) is 3.55. The van der Waals surface area contributed by atoms with Crippen LogP contribution in [0.5, 0.6) is 0 Å². The minimum atomic E-state index is -2.83. The molecule has 1 saturated carbocycles. The Labute approximate surface area is 101 Å². The highest BCUT2D eigenvalue weighted by Crippen LogP contribution is 2.29. The molecule has 1 rings (SSSR count). The quantitative estimate of drug-likeness (QED) is 0.590. The Morgan fingerprint density at radius 3 is 2.73 bits per heavy atom. The van der Waals surface area contributed by atoms with Gasteiger partial charge < -0.3 is 0 Å². The second kappa shape index (κ2) is 6.04. The lowest BCUT2D eigenvalue weighted by molar-refractivity contribution is 0.414. The van der Waals surface area contributed by atoms with Crippen molar-refractivity contribution in [1.29, 1.82) is 0 Å². The molecule has 1 aliphatic carbocycles. The smallest absolute Gasteiger partial charge is 0.150 e. The Morgan fingerprint density at radius 2 is 2.13 bits per heavy atom. The number of hydrogen-bond donors (Lipinski definition) is 0. The van der Waals surface area contributed by atoms with Crippen molar-refractivity contribution < 1.29 is 8.42 Å². The highest BCUT2D eigenvalue weighted by atomic mass is 79.9. The second-order valence-corrected chi connectivity index (χ2v) is 7.40. The van der Waals surface area contributed by atoms with Crippen LogP contribution in [0.2, 0.25) is 0 Å². The summed E-state index contributed by atoms with van der Waals surface area (Å²) >= 11 is 3.37. The van der Waals surface area contributed by atoms with E-state index in [2.05, 4.69) is 28.1 Å². The first-order valence-electron chi connectivity index (χ1n) is 5.45. The van der Waals surface area contributed by atoms with E-state index in [1.165, 1.54) is 6.26 Å². The zero-order valence-corrected chi connectivity index (χ0v) is 11.6. The first kappa shape index (κ1) is 13.2. The molecular formula is C11H19BrO2S. The van der Waals surface area contributed by atoms with E-state index in [9.17, 15) is 8.42 Å². The molecule has 4 heteroatoms. The summed E-state index contributed by atoms with van der Waals surface area (Å²) in [6.45, 7) is 0. The third-order valence-electron chi connectivity index (χ3n) is 2.96. The van der Waals surface area contributed by atoms with Gasteiger partial charge >= 0.3 is 0 Å². The molecule has 0 saturated heterocycles. The molecule has 0 spiro atoms. The Kier molecular flexibility index (Phi) is 5.33. The van der Waals surface area contributed by atoms with E-state index < -0.39 is 9.84 Å². The van der Waals surface area contributed by atoms with Gasteiger partial charge in [0.1, 0.15) is 9.84 Å². The van der Waals surface area contributed by atoms with Crippen molar-refractivity contribution in [3.05, 3.63) is 12.2 Å². The van der Waals surface area contributed by atoms with E-state index in [0.29, 0.717) is 5.92 Å². The van der Waals surface area contributed by atoms with Crippen LogP contribution in [0.4, 0.5) is 0 Å². The number of alkyl halides is 1. The SMILES string of the molecule is CS(=O)(=O)C1CCCC(C=CCCBr)C1. The van der Waals surface area contributed by atoms with E-state index in [1.54, 1.807) is 0 Å². The van der Waals surface area contributed by atoms with Gasteiger partial charge in [0.05, 0.1) is 5.25 Å². The number of rotatable bonds is 4. The molecule has 15 heavy (non-hydrogen) atoms.